The number of amides is 2. The molecule has 2 amide bonds. The molecule has 1 heterocycles. The lowest BCUT2D eigenvalue weighted by Gasteiger charge is -2.24. The van der Waals surface area contributed by atoms with Gasteiger partial charge in [0.25, 0.3) is 5.91 Å². The average Bonchev–Trinajstić information content (AvgIpc) is 3.34. The maximum atomic E-state index is 13.8. The molecular formula is C27H27FN2O2. The molecule has 32 heavy (non-hydrogen) atoms. The fraction of sp³-hybridized carbons (Fsp3) is 0.259. The Balaban J connectivity index is 1.57. The number of anilines is 1. The minimum atomic E-state index is -0.443. The summed E-state index contributed by atoms with van der Waals surface area (Å²) in [5.41, 5.74) is 4.04. The molecule has 1 aliphatic heterocycles. The lowest BCUT2D eigenvalue weighted by atomic mass is 10.1. The molecule has 4 rings (SSSR count). The van der Waals surface area contributed by atoms with Gasteiger partial charge in [-0.1, -0.05) is 48.0 Å². The number of likely N-dealkylation sites (tertiary alicyclic amines) is 1. The van der Waals surface area contributed by atoms with E-state index in [1.165, 1.54) is 12.1 Å². The van der Waals surface area contributed by atoms with Crippen LogP contribution in [0.3, 0.4) is 0 Å². The van der Waals surface area contributed by atoms with Gasteiger partial charge in [-0.3, -0.25) is 9.59 Å². The summed E-state index contributed by atoms with van der Waals surface area (Å²) in [4.78, 5) is 29.3. The number of halogens is 1. The van der Waals surface area contributed by atoms with Gasteiger partial charge in [0.2, 0.25) is 5.91 Å². The van der Waals surface area contributed by atoms with E-state index in [1.54, 1.807) is 17.0 Å². The van der Waals surface area contributed by atoms with E-state index in [1.807, 2.05) is 60.4 Å². The third-order valence-electron chi connectivity index (χ3n) is 5.84. The van der Waals surface area contributed by atoms with Crippen molar-refractivity contribution >= 4 is 17.5 Å². The maximum Gasteiger partial charge on any atom is 0.258 e. The summed E-state index contributed by atoms with van der Waals surface area (Å²) in [6.45, 7) is 4.05. The zero-order valence-corrected chi connectivity index (χ0v) is 18.3. The molecule has 3 aromatic carbocycles. The third kappa shape index (κ3) is 5.22. The predicted octanol–water partition coefficient (Wildman–Crippen LogP) is 5.15. The van der Waals surface area contributed by atoms with E-state index in [0.717, 1.165) is 42.6 Å². The molecular weight excluding hydrogens is 403 g/mol. The van der Waals surface area contributed by atoms with Gasteiger partial charge in [0.15, 0.2) is 0 Å². The van der Waals surface area contributed by atoms with Crippen molar-refractivity contribution in [3.05, 3.63) is 101 Å². The second kappa shape index (κ2) is 9.77. The number of aryl methyl sites for hydroxylation is 1. The third-order valence-corrected chi connectivity index (χ3v) is 5.84. The Labute approximate surface area is 188 Å². The SMILES string of the molecule is Cc1ccc(CN(C(=O)c2cccc(F)c2)c2ccc(CC(=O)N3CCCC3)cc2)cc1. The second-order valence-corrected chi connectivity index (χ2v) is 8.32. The highest BCUT2D eigenvalue weighted by Gasteiger charge is 2.20. The van der Waals surface area contributed by atoms with Crippen molar-refractivity contribution < 1.29 is 14.0 Å². The highest BCUT2D eigenvalue weighted by Crippen LogP contribution is 2.22. The maximum absolute atomic E-state index is 13.8. The van der Waals surface area contributed by atoms with Crippen molar-refractivity contribution in [3.8, 4) is 0 Å². The normalized spacial score (nSPS) is 13.2. The van der Waals surface area contributed by atoms with Crippen LogP contribution in [0.5, 0.6) is 0 Å². The van der Waals surface area contributed by atoms with Crippen LogP contribution in [0, 0.1) is 12.7 Å². The lowest BCUT2D eigenvalue weighted by Crippen LogP contribution is -2.30. The fourth-order valence-electron chi connectivity index (χ4n) is 3.98. The molecule has 5 heteroatoms. The zero-order valence-electron chi connectivity index (χ0n) is 18.3. The van der Waals surface area contributed by atoms with Gasteiger partial charge in [0.05, 0.1) is 13.0 Å². The molecule has 4 nitrogen and oxygen atoms in total. The van der Waals surface area contributed by atoms with E-state index in [9.17, 15) is 14.0 Å². The number of carbonyl (C=O) groups is 2. The van der Waals surface area contributed by atoms with E-state index in [0.29, 0.717) is 24.2 Å². The summed E-state index contributed by atoms with van der Waals surface area (Å²) in [7, 11) is 0. The lowest BCUT2D eigenvalue weighted by molar-refractivity contribution is -0.129. The Morgan fingerprint density at radius 1 is 0.906 bits per heavy atom. The van der Waals surface area contributed by atoms with Crippen LogP contribution in [-0.2, 0) is 17.8 Å². The Morgan fingerprint density at radius 2 is 1.56 bits per heavy atom. The molecule has 0 aromatic heterocycles. The second-order valence-electron chi connectivity index (χ2n) is 8.32. The Bertz CT molecular complexity index is 1090. The summed E-state index contributed by atoms with van der Waals surface area (Å²) < 4.78 is 13.8. The molecule has 1 fully saturated rings. The monoisotopic (exact) mass is 430 g/mol. The van der Waals surface area contributed by atoms with Gasteiger partial charge in [-0.2, -0.15) is 0 Å². The summed E-state index contributed by atoms with van der Waals surface area (Å²) in [5, 5.41) is 0. The first-order valence-corrected chi connectivity index (χ1v) is 11.0. The van der Waals surface area contributed by atoms with E-state index in [-0.39, 0.29) is 11.8 Å². The van der Waals surface area contributed by atoms with Gasteiger partial charge in [-0.25, -0.2) is 4.39 Å². The molecule has 0 saturated carbocycles. The molecule has 0 radical (unpaired) electrons. The van der Waals surface area contributed by atoms with Crippen LogP contribution in [0.15, 0.2) is 72.8 Å². The van der Waals surface area contributed by atoms with E-state index in [4.69, 9.17) is 0 Å². The first-order chi connectivity index (χ1) is 15.5. The van der Waals surface area contributed by atoms with Crippen LogP contribution < -0.4 is 4.90 Å². The van der Waals surface area contributed by atoms with Crippen molar-refractivity contribution in [1.82, 2.24) is 4.90 Å². The van der Waals surface area contributed by atoms with Crippen molar-refractivity contribution in [2.24, 2.45) is 0 Å². The topological polar surface area (TPSA) is 40.6 Å². The summed E-state index contributed by atoms with van der Waals surface area (Å²) in [5.74, 6) is -0.574. The quantitative estimate of drug-likeness (QED) is 0.543. The Hall–Kier alpha value is -3.47. The molecule has 0 N–H and O–H groups in total. The van der Waals surface area contributed by atoms with Gasteiger partial charge in [-0.15, -0.1) is 0 Å². The van der Waals surface area contributed by atoms with Gasteiger partial charge in [0.1, 0.15) is 5.82 Å². The largest absolute Gasteiger partial charge is 0.342 e. The first kappa shape index (κ1) is 21.8. The van der Waals surface area contributed by atoms with Crippen LogP contribution in [0.2, 0.25) is 0 Å². The number of hydrogen-bond acceptors (Lipinski definition) is 2. The van der Waals surface area contributed by atoms with Gasteiger partial charge >= 0.3 is 0 Å². The fourth-order valence-corrected chi connectivity index (χ4v) is 3.98. The minimum absolute atomic E-state index is 0.141. The number of benzene rings is 3. The summed E-state index contributed by atoms with van der Waals surface area (Å²) in [6, 6.07) is 21.2. The molecule has 0 bridgehead atoms. The molecule has 0 aliphatic carbocycles. The first-order valence-electron chi connectivity index (χ1n) is 11.0. The van der Waals surface area contributed by atoms with E-state index >= 15 is 0 Å². The molecule has 0 unspecified atom stereocenters. The van der Waals surface area contributed by atoms with Crippen LogP contribution in [0.4, 0.5) is 10.1 Å². The number of rotatable bonds is 6. The smallest absolute Gasteiger partial charge is 0.258 e. The predicted molar refractivity (Wildman–Crippen MR) is 124 cm³/mol. The highest BCUT2D eigenvalue weighted by atomic mass is 19.1. The molecule has 0 spiro atoms. The van der Waals surface area contributed by atoms with Crippen molar-refractivity contribution in [2.75, 3.05) is 18.0 Å². The molecule has 1 saturated heterocycles. The number of hydrogen-bond donors (Lipinski definition) is 0. The summed E-state index contributed by atoms with van der Waals surface area (Å²) in [6.07, 6.45) is 2.50. The number of nitrogens with zero attached hydrogens (tertiary/aromatic N) is 2. The van der Waals surface area contributed by atoms with Crippen molar-refractivity contribution in [3.63, 3.8) is 0 Å². The van der Waals surface area contributed by atoms with E-state index < -0.39 is 5.82 Å². The molecule has 164 valence electrons. The zero-order chi connectivity index (χ0) is 22.5. The molecule has 3 aromatic rings. The van der Waals surface area contributed by atoms with Gasteiger partial charge in [0, 0.05) is 24.3 Å². The molecule has 0 atom stereocenters. The van der Waals surface area contributed by atoms with Crippen LogP contribution in [0.25, 0.3) is 0 Å². The average molecular weight is 431 g/mol. The van der Waals surface area contributed by atoms with Crippen LogP contribution >= 0.6 is 0 Å². The number of carbonyl (C=O) groups excluding carboxylic acids is 2. The summed E-state index contributed by atoms with van der Waals surface area (Å²) >= 11 is 0. The van der Waals surface area contributed by atoms with E-state index in [2.05, 4.69) is 0 Å². The Morgan fingerprint density at radius 3 is 2.22 bits per heavy atom. The van der Waals surface area contributed by atoms with Gasteiger partial charge < -0.3 is 9.80 Å². The van der Waals surface area contributed by atoms with Crippen molar-refractivity contribution in [2.45, 2.75) is 32.7 Å². The molecule has 1 aliphatic rings. The van der Waals surface area contributed by atoms with Crippen molar-refractivity contribution in [1.29, 1.82) is 0 Å². The minimum Gasteiger partial charge on any atom is -0.342 e. The van der Waals surface area contributed by atoms with Gasteiger partial charge in [-0.05, 0) is 61.2 Å². The Kier molecular flexibility index (Phi) is 6.64. The standard InChI is InChI=1S/C27H27FN2O2/c1-20-7-9-22(10-8-20)19-30(27(32)23-5-4-6-24(28)18-23)25-13-11-21(12-14-25)17-26(31)29-15-2-3-16-29/h4-14,18H,2-3,15-17,19H2,1H3. The van der Waals surface area contributed by atoms with Crippen LogP contribution in [0.1, 0.15) is 39.9 Å². The van der Waals surface area contributed by atoms with Crippen LogP contribution in [-0.4, -0.2) is 29.8 Å². The highest BCUT2D eigenvalue weighted by molar-refractivity contribution is 6.06.